The maximum Gasteiger partial charge on any atom is 0.332 e. The molecule has 12 heteroatoms. The van der Waals surface area contributed by atoms with Gasteiger partial charge in [-0.1, -0.05) is 76.9 Å². The fourth-order valence-electron chi connectivity index (χ4n) is 3.64. The standard InChI is InChI=1S/C28H39Br2O8PSi/c1-27(2,3)40(6,7)38-24(25(31)32)16-28(4,26(33)35-5)19-39(34,36-17-20-8-12-22(29)13-9-20)37-18-21-10-14-23(30)15-11-21/h8-15,24H,16-19H2,1-7H3,(H,31,32)/t24-,28-/m0/s1. The van der Waals surface area contributed by atoms with E-state index in [1.165, 1.54) is 14.0 Å². The van der Waals surface area contributed by atoms with Crippen LogP contribution >= 0.6 is 39.5 Å². The van der Waals surface area contributed by atoms with Crippen LogP contribution in [0.15, 0.2) is 57.5 Å². The van der Waals surface area contributed by atoms with E-state index >= 15 is 0 Å². The molecule has 0 unspecified atom stereocenters. The van der Waals surface area contributed by atoms with E-state index < -0.39 is 45.5 Å². The SMILES string of the molecule is COC(=O)[C@@](C)(C[C@H](O[Si](C)(C)C(C)(C)C)C(=O)O)CP(=O)(OCc1ccc(Br)cc1)OCc1ccc(Br)cc1. The Morgan fingerprint density at radius 3 is 1.68 bits per heavy atom. The Morgan fingerprint density at radius 1 is 0.900 bits per heavy atom. The van der Waals surface area contributed by atoms with Crippen molar-refractivity contribution >= 4 is 59.7 Å². The fraction of sp³-hybridized carbons (Fsp3) is 0.500. The number of carbonyl (C=O) groups excluding carboxylic acids is 1. The Labute approximate surface area is 255 Å². The Hall–Kier alpha value is -1.33. The molecule has 2 atom stereocenters. The third kappa shape index (κ3) is 10.2. The number of esters is 1. The lowest BCUT2D eigenvalue weighted by atomic mass is 9.86. The van der Waals surface area contributed by atoms with Crippen molar-refractivity contribution in [1.82, 2.24) is 0 Å². The molecule has 0 saturated heterocycles. The topological polar surface area (TPSA) is 108 Å². The number of hydrogen-bond donors (Lipinski definition) is 1. The minimum Gasteiger partial charge on any atom is -0.479 e. The first-order valence-corrected chi connectivity index (χ1v) is 19.0. The molecule has 0 amide bonds. The summed E-state index contributed by atoms with van der Waals surface area (Å²) in [5.74, 6) is -1.93. The molecule has 0 aliphatic rings. The number of methoxy groups -OCH3 is 1. The number of hydrogen-bond acceptors (Lipinski definition) is 7. The van der Waals surface area contributed by atoms with E-state index in [4.69, 9.17) is 18.2 Å². The van der Waals surface area contributed by atoms with Crippen LogP contribution in [0.25, 0.3) is 0 Å². The van der Waals surface area contributed by atoms with Gasteiger partial charge in [0.1, 0.15) is 6.10 Å². The van der Waals surface area contributed by atoms with Crippen molar-refractivity contribution in [2.75, 3.05) is 13.3 Å². The van der Waals surface area contributed by atoms with Gasteiger partial charge >= 0.3 is 19.5 Å². The second-order valence-electron chi connectivity index (χ2n) is 11.5. The lowest BCUT2D eigenvalue weighted by molar-refractivity contribution is -0.156. The monoisotopic (exact) mass is 720 g/mol. The molecule has 1 N–H and O–H groups in total. The Bertz CT molecular complexity index is 1140. The third-order valence-corrected chi connectivity index (χ3v) is 14.7. The molecule has 0 aliphatic heterocycles. The molecule has 2 rings (SSSR count). The number of ether oxygens (including phenoxy) is 1. The van der Waals surface area contributed by atoms with Gasteiger partial charge in [-0.05, 0) is 66.9 Å². The molecule has 0 aromatic heterocycles. The van der Waals surface area contributed by atoms with Crippen molar-refractivity contribution in [2.24, 2.45) is 5.41 Å². The van der Waals surface area contributed by atoms with Crippen LogP contribution < -0.4 is 0 Å². The summed E-state index contributed by atoms with van der Waals surface area (Å²) in [6.07, 6.45) is -1.99. The predicted octanol–water partition coefficient (Wildman–Crippen LogP) is 8.18. The summed E-state index contributed by atoms with van der Waals surface area (Å²) in [7, 11) is -5.32. The van der Waals surface area contributed by atoms with Gasteiger partial charge in [0, 0.05) is 8.95 Å². The number of carbonyl (C=O) groups is 2. The summed E-state index contributed by atoms with van der Waals surface area (Å²) < 4.78 is 39.1. The first-order chi connectivity index (χ1) is 18.4. The van der Waals surface area contributed by atoms with E-state index in [-0.39, 0.29) is 24.7 Å². The maximum atomic E-state index is 14.3. The van der Waals surface area contributed by atoms with Gasteiger partial charge in [-0.3, -0.25) is 9.36 Å². The first-order valence-electron chi connectivity index (χ1n) is 12.8. The normalized spacial score (nSPS) is 14.8. The van der Waals surface area contributed by atoms with E-state index in [9.17, 15) is 19.3 Å². The van der Waals surface area contributed by atoms with Crippen LogP contribution in [0.4, 0.5) is 0 Å². The molecule has 2 aromatic rings. The number of carboxylic acids is 1. The molecular formula is C28H39Br2O8PSi. The molecule has 222 valence electrons. The van der Waals surface area contributed by atoms with Crippen molar-refractivity contribution in [1.29, 1.82) is 0 Å². The Morgan fingerprint density at radius 2 is 1.32 bits per heavy atom. The van der Waals surface area contributed by atoms with E-state index in [0.29, 0.717) is 0 Å². The molecule has 0 saturated carbocycles. The van der Waals surface area contributed by atoms with Crippen LogP contribution in [-0.4, -0.2) is 44.7 Å². The van der Waals surface area contributed by atoms with Crippen molar-refractivity contribution in [3.63, 3.8) is 0 Å². The summed E-state index contributed by atoms with van der Waals surface area (Å²) in [6, 6.07) is 14.6. The van der Waals surface area contributed by atoms with Gasteiger partial charge in [-0.25, -0.2) is 4.79 Å². The number of benzene rings is 2. The van der Waals surface area contributed by atoms with Gasteiger partial charge in [0.2, 0.25) is 0 Å². The minimum absolute atomic E-state index is 0.0367. The second-order valence-corrected chi connectivity index (χ2v) is 20.2. The lowest BCUT2D eigenvalue weighted by Gasteiger charge is -2.40. The molecule has 0 spiro atoms. The maximum absolute atomic E-state index is 14.3. The molecule has 0 bridgehead atoms. The number of carboxylic acid groups (broad SMARTS) is 1. The van der Waals surface area contributed by atoms with Gasteiger partial charge in [-0.2, -0.15) is 0 Å². The molecule has 0 heterocycles. The van der Waals surface area contributed by atoms with Crippen molar-refractivity contribution < 1.29 is 37.5 Å². The highest BCUT2D eigenvalue weighted by molar-refractivity contribution is 9.10. The van der Waals surface area contributed by atoms with Crippen LogP contribution in [-0.2, 0) is 45.6 Å². The number of rotatable bonds is 14. The second kappa shape index (κ2) is 14.2. The van der Waals surface area contributed by atoms with Gasteiger partial charge in [0.25, 0.3) is 0 Å². The first kappa shape index (κ1) is 34.9. The van der Waals surface area contributed by atoms with Crippen LogP contribution in [0.3, 0.4) is 0 Å². The van der Waals surface area contributed by atoms with Gasteiger partial charge in [0.05, 0.1) is 31.9 Å². The quantitative estimate of drug-likeness (QED) is 0.118. The molecule has 40 heavy (non-hydrogen) atoms. The zero-order valence-electron chi connectivity index (χ0n) is 24.0. The highest BCUT2D eigenvalue weighted by Crippen LogP contribution is 2.55. The van der Waals surface area contributed by atoms with Crippen LogP contribution in [0.5, 0.6) is 0 Å². The van der Waals surface area contributed by atoms with Gasteiger partial charge in [-0.15, -0.1) is 0 Å². The summed E-state index contributed by atoms with van der Waals surface area (Å²) in [5, 5.41) is 9.81. The molecule has 0 aliphatic carbocycles. The molecule has 8 nitrogen and oxygen atoms in total. The smallest absolute Gasteiger partial charge is 0.332 e. The summed E-state index contributed by atoms with van der Waals surface area (Å²) in [6.45, 7) is 11.3. The molecule has 0 radical (unpaired) electrons. The van der Waals surface area contributed by atoms with Gasteiger partial charge < -0.3 is 23.3 Å². The zero-order valence-corrected chi connectivity index (χ0v) is 29.1. The van der Waals surface area contributed by atoms with Crippen molar-refractivity contribution in [3.05, 3.63) is 68.6 Å². The number of halogens is 2. The van der Waals surface area contributed by atoms with Gasteiger partial charge in [0.15, 0.2) is 8.32 Å². The van der Waals surface area contributed by atoms with Crippen molar-refractivity contribution in [3.8, 4) is 0 Å². The summed E-state index contributed by atoms with van der Waals surface area (Å²) in [4.78, 5) is 25.5. The lowest BCUT2D eigenvalue weighted by Crippen LogP contribution is -2.49. The molecule has 0 fully saturated rings. The highest BCUT2D eigenvalue weighted by atomic mass is 79.9. The zero-order chi connectivity index (χ0) is 30.4. The van der Waals surface area contributed by atoms with E-state index in [1.54, 1.807) is 0 Å². The van der Waals surface area contributed by atoms with E-state index in [1.807, 2.05) is 82.4 Å². The fourth-order valence-corrected chi connectivity index (χ4v) is 7.48. The molecule has 2 aromatic carbocycles. The highest BCUT2D eigenvalue weighted by Gasteiger charge is 2.49. The van der Waals surface area contributed by atoms with E-state index in [2.05, 4.69) is 31.9 Å². The third-order valence-electron chi connectivity index (χ3n) is 7.06. The minimum atomic E-state index is -3.99. The van der Waals surface area contributed by atoms with Crippen LogP contribution in [0.1, 0.15) is 45.2 Å². The predicted molar refractivity (Wildman–Crippen MR) is 165 cm³/mol. The number of aliphatic carboxylic acids is 1. The Balaban J connectivity index is 2.41. The summed E-state index contributed by atoms with van der Waals surface area (Å²) in [5.41, 5.74) is -0.0463. The Kier molecular flexibility index (Phi) is 12.4. The van der Waals surface area contributed by atoms with Crippen LogP contribution in [0.2, 0.25) is 18.1 Å². The van der Waals surface area contributed by atoms with Crippen molar-refractivity contribution in [2.45, 2.75) is 71.6 Å². The van der Waals surface area contributed by atoms with Crippen LogP contribution in [0, 0.1) is 5.41 Å². The largest absolute Gasteiger partial charge is 0.479 e. The average Bonchev–Trinajstić information content (AvgIpc) is 2.86. The van der Waals surface area contributed by atoms with E-state index in [0.717, 1.165) is 20.1 Å². The summed E-state index contributed by atoms with van der Waals surface area (Å²) >= 11 is 6.78. The molecular weight excluding hydrogens is 683 g/mol. The average molecular weight is 722 g/mol.